The predicted octanol–water partition coefficient (Wildman–Crippen LogP) is 3.26. The van der Waals surface area contributed by atoms with Gasteiger partial charge < -0.3 is 14.8 Å². The highest BCUT2D eigenvalue weighted by Gasteiger charge is 2.25. The van der Waals surface area contributed by atoms with Gasteiger partial charge in [-0.3, -0.25) is 4.79 Å². The van der Waals surface area contributed by atoms with Gasteiger partial charge in [0.25, 0.3) is 5.91 Å². The van der Waals surface area contributed by atoms with Crippen molar-refractivity contribution in [2.45, 2.75) is 30.8 Å². The molecule has 1 fully saturated rings. The number of carbonyl (C=O) groups excluding carboxylic acids is 2. The SMILES string of the molecule is O=C(COC(=O)c1ccc(OC(F)F)cc1)Nc1ccc(S(=O)(=O)N2CCCCC2)cc1. The van der Waals surface area contributed by atoms with Crippen LogP contribution < -0.4 is 10.1 Å². The summed E-state index contributed by atoms with van der Waals surface area (Å²) in [7, 11) is -3.57. The maximum Gasteiger partial charge on any atom is 0.387 e. The first-order valence-corrected chi connectivity index (χ1v) is 11.3. The van der Waals surface area contributed by atoms with E-state index >= 15 is 0 Å². The highest BCUT2D eigenvalue weighted by atomic mass is 32.2. The third-order valence-electron chi connectivity index (χ3n) is 4.74. The molecule has 0 atom stereocenters. The van der Waals surface area contributed by atoms with Crippen LogP contribution in [0.4, 0.5) is 14.5 Å². The van der Waals surface area contributed by atoms with Gasteiger partial charge in [0.05, 0.1) is 10.5 Å². The summed E-state index contributed by atoms with van der Waals surface area (Å²) in [6.45, 7) is -2.57. The molecule has 32 heavy (non-hydrogen) atoms. The number of esters is 1. The molecule has 1 amide bonds. The van der Waals surface area contributed by atoms with Crippen LogP contribution in [-0.4, -0.2) is 50.9 Å². The first kappa shape index (κ1) is 23.6. The quantitative estimate of drug-likeness (QED) is 0.597. The van der Waals surface area contributed by atoms with Crippen molar-refractivity contribution in [3.05, 3.63) is 54.1 Å². The van der Waals surface area contributed by atoms with E-state index in [1.165, 1.54) is 52.8 Å². The van der Waals surface area contributed by atoms with Gasteiger partial charge in [-0.2, -0.15) is 13.1 Å². The number of hydrogen-bond donors (Lipinski definition) is 1. The standard InChI is InChI=1S/C21H22F2N2O6S/c22-21(23)31-17-8-4-15(5-9-17)20(27)30-14-19(26)24-16-6-10-18(11-7-16)32(28,29)25-12-2-1-3-13-25/h4-11,21H,1-3,12-14H2,(H,24,26). The molecule has 0 bridgehead atoms. The van der Waals surface area contributed by atoms with Crippen LogP contribution in [-0.2, 0) is 19.6 Å². The van der Waals surface area contributed by atoms with Gasteiger partial charge in [0.15, 0.2) is 6.61 Å². The van der Waals surface area contributed by atoms with E-state index in [1.807, 2.05) is 0 Å². The molecule has 0 unspecified atom stereocenters. The summed E-state index contributed by atoms with van der Waals surface area (Å²) >= 11 is 0. The Bertz CT molecular complexity index is 1040. The zero-order valence-electron chi connectivity index (χ0n) is 17.0. The van der Waals surface area contributed by atoms with Gasteiger partial charge in [-0.1, -0.05) is 6.42 Å². The number of carbonyl (C=O) groups is 2. The summed E-state index contributed by atoms with van der Waals surface area (Å²) in [6.07, 6.45) is 2.68. The molecule has 1 aliphatic rings. The van der Waals surface area contributed by atoms with Crippen molar-refractivity contribution in [1.29, 1.82) is 0 Å². The second kappa shape index (κ2) is 10.5. The largest absolute Gasteiger partial charge is 0.452 e. The topological polar surface area (TPSA) is 102 Å². The highest BCUT2D eigenvalue weighted by Crippen LogP contribution is 2.22. The monoisotopic (exact) mass is 468 g/mol. The third kappa shape index (κ3) is 6.24. The van der Waals surface area contributed by atoms with Crippen molar-refractivity contribution in [3.8, 4) is 5.75 Å². The number of benzene rings is 2. The minimum Gasteiger partial charge on any atom is -0.452 e. The molecule has 0 spiro atoms. The van der Waals surface area contributed by atoms with Gasteiger partial charge in [0, 0.05) is 18.8 Å². The van der Waals surface area contributed by atoms with Crippen LogP contribution in [0.15, 0.2) is 53.4 Å². The molecule has 1 aliphatic heterocycles. The lowest BCUT2D eigenvalue weighted by Gasteiger charge is -2.25. The van der Waals surface area contributed by atoms with Gasteiger partial charge in [-0.05, 0) is 61.4 Å². The van der Waals surface area contributed by atoms with Crippen molar-refractivity contribution in [1.82, 2.24) is 4.31 Å². The molecule has 8 nitrogen and oxygen atoms in total. The fraction of sp³-hybridized carbons (Fsp3) is 0.333. The van der Waals surface area contributed by atoms with Crippen LogP contribution in [0.5, 0.6) is 5.75 Å². The van der Waals surface area contributed by atoms with E-state index in [2.05, 4.69) is 10.1 Å². The Morgan fingerprint density at radius 3 is 2.19 bits per heavy atom. The van der Waals surface area contributed by atoms with E-state index in [4.69, 9.17) is 4.74 Å². The highest BCUT2D eigenvalue weighted by molar-refractivity contribution is 7.89. The molecule has 0 aromatic heterocycles. The number of rotatable bonds is 8. The zero-order valence-corrected chi connectivity index (χ0v) is 17.8. The Morgan fingerprint density at radius 1 is 0.969 bits per heavy atom. The van der Waals surface area contributed by atoms with Crippen molar-refractivity contribution in [3.63, 3.8) is 0 Å². The number of ether oxygens (including phenoxy) is 2. The van der Waals surface area contributed by atoms with E-state index in [-0.39, 0.29) is 16.2 Å². The first-order valence-electron chi connectivity index (χ1n) is 9.88. The molecule has 1 heterocycles. The van der Waals surface area contributed by atoms with Crippen LogP contribution in [0.25, 0.3) is 0 Å². The summed E-state index contributed by atoms with van der Waals surface area (Å²) in [5.74, 6) is -1.55. The summed E-state index contributed by atoms with van der Waals surface area (Å²) < 4.78 is 60.1. The number of hydrogen-bond acceptors (Lipinski definition) is 6. The van der Waals surface area contributed by atoms with Gasteiger partial charge in [0.2, 0.25) is 10.0 Å². The van der Waals surface area contributed by atoms with Crippen molar-refractivity contribution >= 4 is 27.6 Å². The fourth-order valence-corrected chi connectivity index (χ4v) is 4.67. The van der Waals surface area contributed by atoms with E-state index < -0.39 is 35.1 Å². The van der Waals surface area contributed by atoms with Gasteiger partial charge in [-0.25, -0.2) is 13.2 Å². The maximum atomic E-state index is 12.6. The molecule has 2 aromatic rings. The third-order valence-corrected chi connectivity index (χ3v) is 6.65. The average Bonchev–Trinajstić information content (AvgIpc) is 2.78. The Labute approximate surface area is 184 Å². The number of anilines is 1. The Hall–Kier alpha value is -3.05. The number of sulfonamides is 1. The Balaban J connectivity index is 1.51. The van der Waals surface area contributed by atoms with Crippen molar-refractivity contribution < 1.29 is 36.3 Å². The molecule has 0 radical (unpaired) electrons. The number of nitrogens with zero attached hydrogens (tertiary/aromatic N) is 1. The van der Waals surface area contributed by atoms with E-state index in [9.17, 15) is 26.8 Å². The number of piperidine rings is 1. The maximum absolute atomic E-state index is 12.6. The molecule has 3 rings (SSSR count). The normalized spacial score (nSPS) is 14.7. The minimum absolute atomic E-state index is 0.0617. The molecule has 2 aromatic carbocycles. The second-order valence-corrected chi connectivity index (χ2v) is 8.95. The predicted molar refractivity (Wildman–Crippen MR) is 111 cm³/mol. The Kier molecular flexibility index (Phi) is 7.75. The number of nitrogens with one attached hydrogen (secondary N) is 1. The summed E-state index contributed by atoms with van der Waals surface area (Å²) in [5, 5.41) is 2.51. The van der Waals surface area contributed by atoms with Gasteiger partial charge in [-0.15, -0.1) is 0 Å². The number of halogens is 2. The van der Waals surface area contributed by atoms with Crippen LogP contribution in [0, 0.1) is 0 Å². The lowest BCUT2D eigenvalue weighted by molar-refractivity contribution is -0.119. The van der Waals surface area contributed by atoms with Crippen LogP contribution in [0.2, 0.25) is 0 Å². The average molecular weight is 468 g/mol. The lowest BCUT2D eigenvalue weighted by atomic mass is 10.2. The smallest absolute Gasteiger partial charge is 0.387 e. The van der Waals surface area contributed by atoms with Gasteiger partial charge >= 0.3 is 12.6 Å². The minimum atomic E-state index is -3.57. The first-order chi connectivity index (χ1) is 15.3. The summed E-state index contributed by atoms with van der Waals surface area (Å²) in [5.41, 5.74) is 0.406. The van der Waals surface area contributed by atoms with Crippen LogP contribution in [0.3, 0.4) is 0 Å². The molecule has 172 valence electrons. The lowest BCUT2D eigenvalue weighted by Crippen LogP contribution is -2.35. The van der Waals surface area contributed by atoms with E-state index in [0.29, 0.717) is 18.8 Å². The molecular formula is C21H22F2N2O6S. The number of amides is 1. The van der Waals surface area contributed by atoms with Crippen LogP contribution >= 0.6 is 0 Å². The molecule has 0 aliphatic carbocycles. The Morgan fingerprint density at radius 2 is 1.59 bits per heavy atom. The second-order valence-electron chi connectivity index (χ2n) is 7.02. The van der Waals surface area contributed by atoms with Crippen LogP contribution in [0.1, 0.15) is 29.6 Å². The summed E-state index contributed by atoms with van der Waals surface area (Å²) in [4.78, 5) is 24.2. The van der Waals surface area contributed by atoms with Crippen molar-refractivity contribution in [2.24, 2.45) is 0 Å². The van der Waals surface area contributed by atoms with Gasteiger partial charge in [0.1, 0.15) is 5.75 Å². The number of alkyl halides is 2. The summed E-state index contributed by atoms with van der Waals surface area (Å²) in [6, 6.07) is 10.6. The van der Waals surface area contributed by atoms with E-state index in [0.717, 1.165) is 19.3 Å². The molecular weight excluding hydrogens is 446 g/mol. The molecule has 11 heteroatoms. The fourth-order valence-electron chi connectivity index (χ4n) is 3.15. The molecule has 1 saturated heterocycles. The molecule has 1 N–H and O–H groups in total. The van der Waals surface area contributed by atoms with E-state index in [1.54, 1.807) is 0 Å². The zero-order chi connectivity index (χ0) is 23.1. The molecule has 0 saturated carbocycles. The van der Waals surface area contributed by atoms with Crippen molar-refractivity contribution in [2.75, 3.05) is 25.0 Å².